The highest BCUT2D eigenvalue weighted by Crippen LogP contribution is 2.21. The summed E-state index contributed by atoms with van der Waals surface area (Å²) < 4.78 is 5.14. The van der Waals surface area contributed by atoms with Gasteiger partial charge in [-0.05, 0) is 31.5 Å². The first kappa shape index (κ1) is 11.9. The molecule has 0 saturated carbocycles. The van der Waals surface area contributed by atoms with E-state index in [1.165, 1.54) is 0 Å². The summed E-state index contributed by atoms with van der Waals surface area (Å²) >= 11 is 0. The Morgan fingerprint density at radius 1 is 1.24 bits per heavy atom. The van der Waals surface area contributed by atoms with Crippen LogP contribution in [-0.4, -0.2) is 29.3 Å². The normalized spacial score (nSPS) is 10.6. The average Bonchev–Trinajstić information content (AvgIpc) is 2.27. The van der Waals surface area contributed by atoms with Crippen molar-refractivity contribution >= 4 is 23.5 Å². The Kier molecular flexibility index (Phi) is 3.04. The first-order chi connectivity index (χ1) is 8.04. The maximum Gasteiger partial charge on any atom is 0.490 e. The summed E-state index contributed by atoms with van der Waals surface area (Å²) in [6, 6.07) is 5.55. The van der Waals surface area contributed by atoms with Crippen LogP contribution in [0.15, 0.2) is 18.2 Å². The molecule has 0 atom stereocenters. The average molecular weight is 231 g/mol. The molecule has 88 valence electrons. The van der Waals surface area contributed by atoms with Crippen molar-refractivity contribution < 1.29 is 14.8 Å². The molecule has 1 aromatic carbocycles. The van der Waals surface area contributed by atoms with Crippen LogP contribution in [0.4, 0.5) is 0 Å². The lowest BCUT2D eigenvalue weighted by molar-refractivity contribution is 0.415. The fourth-order valence-electron chi connectivity index (χ4n) is 2.09. The minimum Gasteiger partial charge on any atom is -0.497 e. The highest BCUT2D eigenvalue weighted by molar-refractivity contribution is 6.60. The monoisotopic (exact) mass is 231 g/mol. The number of methoxy groups -OCH3 is 1. The van der Waals surface area contributed by atoms with Gasteiger partial charge < -0.3 is 14.8 Å². The van der Waals surface area contributed by atoms with E-state index in [4.69, 9.17) is 4.74 Å². The van der Waals surface area contributed by atoms with Gasteiger partial charge in [0.15, 0.2) is 0 Å². The third-order valence-electron chi connectivity index (χ3n) is 2.95. The molecule has 4 nitrogen and oxygen atoms in total. The molecule has 5 heteroatoms. The molecule has 2 N–H and O–H groups in total. The molecule has 0 spiro atoms. The van der Waals surface area contributed by atoms with E-state index in [9.17, 15) is 10.0 Å². The number of pyridine rings is 1. The Hall–Kier alpha value is -1.59. The van der Waals surface area contributed by atoms with Gasteiger partial charge in [0, 0.05) is 22.6 Å². The maximum absolute atomic E-state index is 9.34. The smallest absolute Gasteiger partial charge is 0.490 e. The van der Waals surface area contributed by atoms with Gasteiger partial charge in [-0.25, -0.2) is 0 Å². The zero-order valence-corrected chi connectivity index (χ0v) is 10.1. The number of benzene rings is 1. The summed E-state index contributed by atoms with van der Waals surface area (Å²) in [7, 11) is 0.112. The van der Waals surface area contributed by atoms with Gasteiger partial charge >= 0.3 is 7.12 Å². The van der Waals surface area contributed by atoms with Crippen molar-refractivity contribution in [2.24, 2.45) is 0 Å². The first-order valence-electron chi connectivity index (χ1n) is 5.35. The zero-order valence-electron chi connectivity index (χ0n) is 10.1. The summed E-state index contributed by atoms with van der Waals surface area (Å²) in [6.45, 7) is 3.62. The first-order valence-corrected chi connectivity index (χ1v) is 5.35. The second-order valence-electron chi connectivity index (χ2n) is 3.99. The standard InChI is InChI=1S/C12H14BNO3/c1-7-10-5-4-9(17-3)6-11(10)14-8(2)12(7)13(15)16/h4-6,15-16H,1-3H3. The summed E-state index contributed by atoms with van der Waals surface area (Å²) in [6.07, 6.45) is 0. The number of fused-ring (bicyclic) bond motifs is 1. The van der Waals surface area contributed by atoms with E-state index in [-0.39, 0.29) is 0 Å². The number of nitrogens with zero attached hydrogens (tertiary/aromatic N) is 1. The van der Waals surface area contributed by atoms with Crippen molar-refractivity contribution in [1.82, 2.24) is 4.98 Å². The minimum atomic E-state index is -1.49. The quantitative estimate of drug-likeness (QED) is 0.740. The van der Waals surface area contributed by atoms with Gasteiger partial charge in [0.2, 0.25) is 0 Å². The molecular formula is C12H14BNO3. The number of aryl methyl sites for hydroxylation is 2. The number of hydrogen-bond donors (Lipinski definition) is 2. The lowest BCUT2D eigenvalue weighted by Gasteiger charge is -2.12. The fraction of sp³-hybridized carbons (Fsp3) is 0.250. The van der Waals surface area contributed by atoms with Gasteiger partial charge in [0.05, 0.1) is 12.6 Å². The van der Waals surface area contributed by atoms with E-state index in [0.29, 0.717) is 11.2 Å². The Labute approximate surface area is 100 Å². The Balaban J connectivity index is 2.76. The Morgan fingerprint density at radius 2 is 1.94 bits per heavy atom. The molecule has 0 saturated heterocycles. The van der Waals surface area contributed by atoms with Crippen molar-refractivity contribution in [1.29, 1.82) is 0 Å². The van der Waals surface area contributed by atoms with Crippen LogP contribution in [0.1, 0.15) is 11.3 Å². The fourth-order valence-corrected chi connectivity index (χ4v) is 2.09. The highest BCUT2D eigenvalue weighted by Gasteiger charge is 2.20. The SMILES string of the molecule is COc1ccc2c(C)c(B(O)O)c(C)nc2c1. The van der Waals surface area contributed by atoms with Crippen LogP contribution in [0, 0.1) is 13.8 Å². The Morgan fingerprint density at radius 3 is 2.53 bits per heavy atom. The molecule has 1 heterocycles. The maximum atomic E-state index is 9.34. The van der Waals surface area contributed by atoms with Crippen LogP contribution in [0.25, 0.3) is 10.9 Å². The molecule has 0 radical (unpaired) electrons. The lowest BCUT2D eigenvalue weighted by Crippen LogP contribution is -2.35. The molecule has 0 amide bonds. The number of aromatic nitrogens is 1. The van der Waals surface area contributed by atoms with Crippen molar-refractivity contribution in [3.05, 3.63) is 29.5 Å². The predicted octanol–water partition coefficient (Wildman–Crippen LogP) is 0.540. The van der Waals surface area contributed by atoms with Gasteiger partial charge in [0.25, 0.3) is 0 Å². The van der Waals surface area contributed by atoms with Crippen LogP contribution in [0.5, 0.6) is 5.75 Å². The molecule has 2 rings (SSSR count). The molecule has 0 unspecified atom stereocenters. The second-order valence-corrected chi connectivity index (χ2v) is 3.99. The van der Waals surface area contributed by atoms with E-state index < -0.39 is 7.12 Å². The van der Waals surface area contributed by atoms with E-state index in [0.717, 1.165) is 22.2 Å². The summed E-state index contributed by atoms with van der Waals surface area (Å²) in [4.78, 5) is 4.37. The van der Waals surface area contributed by atoms with E-state index >= 15 is 0 Å². The zero-order chi connectivity index (χ0) is 12.6. The molecular weight excluding hydrogens is 217 g/mol. The van der Waals surface area contributed by atoms with E-state index in [2.05, 4.69) is 4.98 Å². The predicted molar refractivity (Wildman–Crippen MR) is 67.6 cm³/mol. The van der Waals surface area contributed by atoms with E-state index in [1.807, 2.05) is 25.1 Å². The summed E-state index contributed by atoms with van der Waals surface area (Å²) in [5, 5.41) is 19.6. The Bertz CT molecular complexity index is 569. The molecule has 0 bridgehead atoms. The van der Waals surface area contributed by atoms with Gasteiger partial charge in [-0.3, -0.25) is 4.98 Å². The van der Waals surface area contributed by atoms with Gasteiger partial charge in [-0.2, -0.15) is 0 Å². The lowest BCUT2D eigenvalue weighted by atomic mass is 9.75. The van der Waals surface area contributed by atoms with Crippen molar-refractivity contribution in [3.63, 3.8) is 0 Å². The molecule has 0 fully saturated rings. The van der Waals surface area contributed by atoms with Gasteiger partial charge in [-0.15, -0.1) is 0 Å². The second kappa shape index (κ2) is 4.35. The highest BCUT2D eigenvalue weighted by atomic mass is 16.5. The summed E-state index contributed by atoms with van der Waals surface area (Å²) in [5.74, 6) is 0.737. The topological polar surface area (TPSA) is 62.6 Å². The van der Waals surface area contributed by atoms with Crippen LogP contribution in [0.3, 0.4) is 0 Å². The summed E-state index contributed by atoms with van der Waals surface area (Å²) in [5.41, 5.74) is 2.73. The van der Waals surface area contributed by atoms with Crippen LogP contribution in [0.2, 0.25) is 0 Å². The largest absolute Gasteiger partial charge is 0.497 e. The molecule has 0 aliphatic carbocycles. The number of hydrogen-bond acceptors (Lipinski definition) is 4. The van der Waals surface area contributed by atoms with Crippen molar-refractivity contribution in [2.75, 3.05) is 7.11 Å². The molecule has 17 heavy (non-hydrogen) atoms. The molecule has 1 aromatic heterocycles. The van der Waals surface area contributed by atoms with Gasteiger partial charge in [0.1, 0.15) is 5.75 Å². The third-order valence-corrected chi connectivity index (χ3v) is 2.95. The minimum absolute atomic E-state index is 0.475. The van der Waals surface area contributed by atoms with Gasteiger partial charge in [-0.1, -0.05) is 0 Å². The van der Waals surface area contributed by atoms with E-state index in [1.54, 1.807) is 14.0 Å². The third kappa shape index (κ3) is 1.99. The van der Waals surface area contributed by atoms with Crippen LogP contribution in [-0.2, 0) is 0 Å². The van der Waals surface area contributed by atoms with Crippen molar-refractivity contribution in [2.45, 2.75) is 13.8 Å². The molecule has 0 aliphatic rings. The number of ether oxygens (including phenoxy) is 1. The number of rotatable bonds is 2. The molecule has 0 aliphatic heterocycles. The molecule has 2 aromatic rings. The van der Waals surface area contributed by atoms with Crippen molar-refractivity contribution in [3.8, 4) is 5.75 Å². The van der Waals surface area contributed by atoms with Crippen LogP contribution >= 0.6 is 0 Å². The van der Waals surface area contributed by atoms with Crippen LogP contribution < -0.4 is 10.2 Å².